The highest BCUT2D eigenvalue weighted by Gasteiger charge is 2.20. The molecule has 1 atom stereocenters. The molecule has 3 N–H and O–H groups in total. The Labute approximate surface area is 119 Å². The number of ether oxygens (including phenoxy) is 1. The fourth-order valence-corrected chi connectivity index (χ4v) is 1.63. The molecular weight excluding hydrogens is 258 g/mol. The maximum absolute atomic E-state index is 12.1. The van der Waals surface area contributed by atoms with Gasteiger partial charge in [-0.3, -0.25) is 0 Å². The molecule has 0 saturated carbocycles. The fraction of sp³-hybridized carbons (Fsp3) is 0.533. The summed E-state index contributed by atoms with van der Waals surface area (Å²) < 4.78 is 5.34. The van der Waals surface area contributed by atoms with Gasteiger partial charge in [-0.1, -0.05) is 12.1 Å². The average molecular weight is 281 g/mol. The number of benzene rings is 1. The van der Waals surface area contributed by atoms with E-state index in [1.807, 2.05) is 20.8 Å². The van der Waals surface area contributed by atoms with E-state index in [0.717, 1.165) is 0 Å². The summed E-state index contributed by atoms with van der Waals surface area (Å²) in [5.41, 5.74) is 0.484. The van der Waals surface area contributed by atoms with Crippen molar-refractivity contribution in [3.63, 3.8) is 0 Å². The van der Waals surface area contributed by atoms with Gasteiger partial charge >= 0.3 is 5.97 Å². The average Bonchev–Trinajstić information content (AvgIpc) is 2.35. The zero-order valence-electron chi connectivity index (χ0n) is 12.2. The van der Waals surface area contributed by atoms with Crippen LogP contribution in [0.4, 0.5) is 5.69 Å². The molecule has 0 aromatic heterocycles. The van der Waals surface area contributed by atoms with E-state index in [1.54, 1.807) is 24.3 Å². The van der Waals surface area contributed by atoms with Gasteiger partial charge < -0.3 is 20.3 Å². The van der Waals surface area contributed by atoms with Gasteiger partial charge in [0.25, 0.3) is 0 Å². The van der Waals surface area contributed by atoms with Crippen LogP contribution in [0.1, 0.15) is 37.6 Å². The van der Waals surface area contributed by atoms with Crippen LogP contribution in [0.15, 0.2) is 24.3 Å². The highest BCUT2D eigenvalue weighted by molar-refractivity contribution is 5.95. The second kappa shape index (κ2) is 7.26. The van der Waals surface area contributed by atoms with E-state index in [1.165, 1.54) is 0 Å². The van der Waals surface area contributed by atoms with Crippen LogP contribution in [-0.2, 0) is 4.74 Å². The molecule has 112 valence electrons. The standard InChI is InChI=1S/C15H23NO4/c1-15(2,3)20-14(19)12-6-4-5-7-13(12)16-10-11(18)8-9-17/h4-7,11,16-18H,8-10H2,1-3H3. The second-order valence-corrected chi connectivity index (χ2v) is 5.59. The molecule has 0 radical (unpaired) electrons. The molecule has 0 aliphatic heterocycles. The number of carbonyl (C=O) groups excluding carboxylic acids is 1. The zero-order valence-corrected chi connectivity index (χ0v) is 12.2. The number of hydrogen-bond acceptors (Lipinski definition) is 5. The Morgan fingerprint density at radius 3 is 2.60 bits per heavy atom. The monoisotopic (exact) mass is 281 g/mol. The summed E-state index contributed by atoms with van der Waals surface area (Å²) in [6.07, 6.45) is -0.367. The molecule has 0 fully saturated rings. The first-order valence-electron chi connectivity index (χ1n) is 6.68. The summed E-state index contributed by atoms with van der Waals surface area (Å²) in [7, 11) is 0. The van der Waals surface area contributed by atoms with E-state index in [-0.39, 0.29) is 13.2 Å². The van der Waals surface area contributed by atoms with Crippen molar-refractivity contribution in [2.45, 2.75) is 38.9 Å². The van der Waals surface area contributed by atoms with Gasteiger partial charge in [0.05, 0.1) is 11.7 Å². The number of hydrogen-bond donors (Lipinski definition) is 3. The summed E-state index contributed by atoms with van der Waals surface area (Å²) >= 11 is 0. The predicted molar refractivity (Wildman–Crippen MR) is 77.8 cm³/mol. The molecule has 0 aliphatic rings. The van der Waals surface area contributed by atoms with Gasteiger partial charge in [-0.15, -0.1) is 0 Å². The Morgan fingerprint density at radius 2 is 2.00 bits per heavy atom. The first-order valence-corrected chi connectivity index (χ1v) is 6.68. The predicted octanol–water partition coefficient (Wildman–Crippen LogP) is 1.80. The largest absolute Gasteiger partial charge is 0.456 e. The Hall–Kier alpha value is -1.59. The SMILES string of the molecule is CC(C)(C)OC(=O)c1ccccc1NCC(O)CCO. The number of aliphatic hydroxyl groups excluding tert-OH is 2. The molecule has 1 aromatic rings. The van der Waals surface area contributed by atoms with Crippen molar-refractivity contribution in [1.29, 1.82) is 0 Å². The fourth-order valence-electron chi connectivity index (χ4n) is 1.63. The number of esters is 1. The second-order valence-electron chi connectivity index (χ2n) is 5.59. The van der Waals surface area contributed by atoms with Gasteiger partial charge in [0.2, 0.25) is 0 Å². The molecule has 0 bridgehead atoms. The van der Waals surface area contributed by atoms with E-state index in [2.05, 4.69) is 5.32 Å². The molecule has 0 heterocycles. The third kappa shape index (κ3) is 5.59. The lowest BCUT2D eigenvalue weighted by atomic mass is 10.1. The number of anilines is 1. The lowest BCUT2D eigenvalue weighted by Gasteiger charge is -2.21. The summed E-state index contributed by atoms with van der Waals surface area (Å²) in [5, 5.41) is 21.3. The van der Waals surface area contributed by atoms with Gasteiger partial charge in [-0.2, -0.15) is 0 Å². The van der Waals surface area contributed by atoms with Gasteiger partial charge in [0.15, 0.2) is 0 Å². The third-order valence-corrected chi connectivity index (χ3v) is 2.54. The molecule has 1 aromatic carbocycles. The van der Waals surface area contributed by atoms with Crippen LogP contribution in [0, 0.1) is 0 Å². The maximum Gasteiger partial charge on any atom is 0.340 e. The van der Waals surface area contributed by atoms with Crippen LogP contribution in [0.3, 0.4) is 0 Å². The lowest BCUT2D eigenvalue weighted by molar-refractivity contribution is 0.00704. The van der Waals surface area contributed by atoms with Gasteiger partial charge in [0.1, 0.15) is 5.60 Å². The Morgan fingerprint density at radius 1 is 1.35 bits per heavy atom. The molecule has 0 saturated heterocycles. The minimum absolute atomic E-state index is 0.0729. The Kier molecular flexibility index (Phi) is 5.98. The van der Waals surface area contributed by atoms with Gasteiger partial charge in [0, 0.05) is 18.8 Å². The first kappa shape index (κ1) is 16.5. The topological polar surface area (TPSA) is 78.8 Å². The van der Waals surface area contributed by atoms with Crippen molar-refractivity contribution < 1.29 is 19.7 Å². The van der Waals surface area contributed by atoms with E-state index < -0.39 is 17.7 Å². The van der Waals surface area contributed by atoms with Crippen LogP contribution in [-0.4, -0.2) is 41.0 Å². The van der Waals surface area contributed by atoms with Crippen LogP contribution in [0.5, 0.6) is 0 Å². The third-order valence-electron chi connectivity index (χ3n) is 2.54. The minimum Gasteiger partial charge on any atom is -0.456 e. The highest BCUT2D eigenvalue weighted by atomic mass is 16.6. The smallest absolute Gasteiger partial charge is 0.340 e. The van der Waals surface area contributed by atoms with E-state index in [9.17, 15) is 9.90 Å². The molecule has 20 heavy (non-hydrogen) atoms. The number of aliphatic hydroxyl groups is 2. The van der Waals surface area contributed by atoms with Gasteiger partial charge in [-0.05, 0) is 39.3 Å². The molecule has 0 aliphatic carbocycles. The van der Waals surface area contributed by atoms with Gasteiger partial charge in [-0.25, -0.2) is 4.79 Å². The van der Waals surface area contributed by atoms with Crippen LogP contribution in [0.25, 0.3) is 0 Å². The summed E-state index contributed by atoms with van der Waals surface area (Å²) in [5.74, 6) is -0.405. The molecule has 0 spiro atoms. The van der Waals surface area contributed by atoms with E-state index >= 15 is 0 Å². The molecule has 5 heteroatoms. The lowest BCUT2D eigenvalue weighted by Crippen LogP contribution is -2.25. The van der Waals surface area contributed by atoms with Crippen molar-refractivity contribution in [2.24, 2.45) is 0 Å². The van der Waals surface area contributed by atoms with Crippen molar-refractivity contribution in [1.82, 2.24) is 0 Å². The minimum atomic E-state index is -0.660. The maximum atomic E-state index is 12.1. The van der Waals surface area contributed by atoms with E-state index in [4.69, 9.17) is 9.84 Å². The zero-order chi connectivity index (χ0) is 15.2. The molecule has 1 unspecified atom stereocenters. The highest BCUT2D eigenvalue weighted by Crippen LogP contribution is 2.19. The Balaban J connectivity index is 2.75. The quantitative estimate of drug-likeness (QED) is 0.693. The number of para-hydroxylation sites is 1. The van der Waals surface area contributed by atoms with Crippen molar-refractivity contribution >= 4 is 11.7 Å². The molecule has 0 amide bonds. The normalized spacial score (nSPS) is 12.8. The summed E-state index contributed by atoms with van der Waals surface area (Å²) in [4.78, 5) is 12.1. The van der Waals surface area contributed by atoms with Crippen LogP contribution >= 0.6 is 0 Å². The first-order chi connectivity index (χ1) is 9.33. The summed E-state index contributed by atoms with van der Waals surface area (Å²) in [6.45, 7) is 5.63. The number of rotatable bonds is 6. The van der Waals surface area contributed by atoms with Crippen molar-refractivity contribution in [2.75, 3.05) is 18.5 Å². The molecular formula is C15H23NO4. The van der Waals surface area contributed by atoms with Crippen molar-refractivity contribution in [3.05, 3.63) is 29.8 Å². The van der Waals surface area contributed by atoms with Crippen LogP contribution < -0.4 is 5.32 Å². The number of carbonyl (C=O) groups is 1. The number of nitrogens with one attached hydrogen (secondary N) is 1. The molecule has 5 nitrogen and oxygen atoms in total. The van der Waals surface area contributed by atoms with E-state index in [0.29, 0.717) is 17.7 Å². The Bertz CT molecular complexity index is 440. The van der Waals surface area contributed by atoms with Crippen LogP contribution in [0.2, 0.25) is 0 Å². The molecule has 1 rings (SSSR count). The van der Waals surface area contributed by atoms with Crippen molar-refractivity contribution in [3.8, 4) is 0 Å². The summed E-state index contributed by atoms with van der Waals surface area (Å²) in [6, 6.07) is 6.99.